The summed E-state index contributed by atoms with van der Waals surface area (Å²) in [5.41, 5.74) is 0.809. The van der Waals surface area contributed by atoms with Crippen molar-refractivity contribution in [2.24, 2.45) is 0 Å². The summed E-state index contributed by atoms with van der Waals surface area (Å²) >= 11 is 3.34. The standard InChI is InChI=1S/C17H12BrN3O4/c1-25-16-7-2-11(9-15(16)18)8-12(10-19)17(22)20-13-3-5-14(6-4-13)21(23)24/h2-9H,1H3,(H,20,22). The van der Waals surface area contributed by atoms with E-state index in [2.05, 4.69) is 21.2 Å². The van der Waals surface area contributed by atoms with Gasteiger partial charge in [0.1, 0.15) is 17.4 Å². The van der Waals surface area contributed by atoms with Gasteiger partial charge in [-0.25, -0.2) is 0 Å². The second-order valence-corrected chi connectivity index (χ2v) is 5.68. The summed E-state index contributed by atoms with van der Waals surface area (Å²) in [5, 5.41) is 22.4. The lowest BCUT2D eigenvalue weighted by Gasteiger charge is -2.05. The number of hydrogen-bond acceptors (Lipinski definition) is 5. The third-order valence-electron chi connectivity index (χ3n) is 3.19. The van der Waals surface area contributed by atoms with Gasteiger partial charge in [-0.2, -0.15) is 5.26 Å². The Labute approximate surface area is 151 Å². The van der Waals surface area contributed by atoms with E-state index in [1.807, 2.05) is 6.07 Å². The number of methoxy groups -OCH3 is 1. The zero-order valence-corrected chi connectivity index (χ0v) is 14.6. The minimum absolute atomic E-state index is 0.0860. The van der Waals surface area contributed by atoms with Crippen molar-refractivity contribution in [1.29, 1.82) is 5.26 Å². The molecule has 0 aliphatic rings. The summed E-state index contributed by atoms with van der Waals surface area (Å²) in [5.74, 6) is 0.0225. The minimum atomic E-state index is -0.608. The van der Waals surface area contributed by atoms with Gasteiger partial charge in [0.25, 0.3) is 11.6 Å². The van der Waals surface area contributed by atoms with E-state index in [9.17, 15) is 20.2 Å². The van der Waals surface area contributed by atoms with Crippen molar-refractivity contribution in [1.82, 2.24) is 0 Å². The number of halogens is 1. The van der Waals surface area contributed by atoms with Crippen molar-refractivity contribution in [2.75, 3.05) is 12.4 Å². The van der Waals surface area contributed by atoms with Crippen LogP contribution in [-0.4, -0.2) is 17.9 Å². The Hall–Kier alpha value is -3.18. The maximum atomic E-state index is 12.2. The molecule has 0 bridgehead atoms. The first-order valence-corrected chi connectivity index (χ1v) is 7.75. The quantitative estimate of drug-likeness (QED) is 0.353. The molecule has 126 valence electrons. The van der Waals surface area contributed by atoms with Crippen LogP contribution in [0.5, 0.6) is 5.75 Å². The van der Waals surface area contributed by atoms with E-state index < -0.39 is 10.8 Å². The van der Waals surface area contributed by atoms with Gasteiger partial charge in [-0.15, -0.1) is 0 Å². The number of carbonyl (C=O) groups is 1. The van der Waals surface area contributed by atoms with Gasteiger partial charge in [0.05, 0.1) is 16.5 Å². The van der Waals surface area contributed by atoms with Crippen molar-refractivity contribution in [2.45, 2.75) is 0 Å². The smallest absolute Gasteiger partial charge is 0.269 e. The molecule has 0 spiro atoms. The molecule has 1 N–H and O–H groups in total. The highest BCUT2D eigenvalue weighted by atomic mass is 79.9. The van der Waals surface area contributed by atoms with E-state index in [0.717, 1.165) is 0 Å². The molecule has 0 aromatic heterocycles. The summed E-state index contributed by atoms with van der Waals surface area (Å²) in [6, 6.07) is 12.3. The number of hydrogen-bond donors (Lipinski definition) is 1. The first-order valence-electron chi connectivity index (χ1n) is 6.95. The maximum absolute atomic E-state index is 12.2. The summed E-state index contributed by atoms with van der Waals surface area (Å²) in [6.07, 6.45) is 1.44. The van der Waals surface area contributed by atoms with Gasteiger partial charge < -0.3 is 10.1 Å². The average molecular weight is 402 g/mol. The van der Waals surface area contributed by atoms with Crippen LogP contribution in [0.3, 0.4) is 0 Å². The molecule has 0 fully saturated rings. The Morgan fingerprint density at radius 1 is 1.32 bits per heavy atom. The van der Waals surface area contributed by atoms with Crippen molar-refractivity contribution in [3.8, 4) is 11.8 Å². The normalized spacial score (nSPS) is 10.7. The molecule has 0 aliphatic heterocycles. The van der Waals surface area contributed by atoms with E-state index >= 15 is 0 Å². The fourth-order valence-corrected chi connectivity index (χ4v) is 2.51. The Morgan fingerprint density at radius 3 is 2.52 bits per heavy atom. The third kappa shape index (κ3) is 4.65. The summed E-state index contributed by atoms with van der Waals surface area (Å²) < 4.78 is 5.82. The molecule has 1 amide bonds. The van der Waals surface area contributed by atoms with Crippen LogP contribution in [0.1, 0.15) is 5.56 Å². The number of anilines is 1. The van der Waals surface area contributed by atoms with Gasteiger partial charge in [-0.1, -0.05) is 6.07 Å². The van der Waals surface area contributed by atoms with E-state index in [4.69, 9.17) is 4.74 Å². The molecule has 2 aromatic rings. The van der Waals surface area contributed by atoms with E-state index in [-0.39, 0.29) is 11.3 Å². The minimum Gasteiger partial charge on any atom is -0.496 e. The van der Waals surface area contributed by atoms with Crippen molar-refractivity contribution in [3.63, 3.8) is 0 Å². The molecule has 0 aliphatic carbocycles. The van der Waals surface area contributed by atoms with E-state index in [0.29, 0.717) is 21.5 Å². The molecule has 7 nitrogen and oxygen atoms in total. The molecule has 0 saturated heterocycles. The molecule has 0 unspecified atom stereocenters. The second-order valence-electron chi connectivity index (χ2n) is 4.82. The summed E-state index contributed by atoms with van der Waals surface area (Å²) in [7, 11) is 1.54. The number of nitro benzene ring substituents is 1. The third-order valence-corrected chi connectivity index (χ3v) is 3.81. The number of ether oxygens (including phenoxy) is 1. The molecule has 8 heteroatoms. The van der Waals surface area contributed by atoms with Crippen molar-refractivity contribution < 1.29 is 14.5 Å². The first-order chi connectivity index (χ1) is 11.9. The van der Waals surface area contributed by atoms with Gasteiger partial charge in [-0.3, -0.25) is 14.9 Å². The number of nitriles is 1. The Kier molecular flexibility index (Phi) is 5.87. The lowest BCUT2D eigenvalue weighted by molar-refractivity contribution is -0.384. The Morgan fingerprint density at radius 2 is 2.00 bits per heavy atom. The highest BCUT2D eigenvalue weighted by Crippen LogP contribution is 2.26. The van der Waals surface area contributed by atoms with Crippen LogP contribution in [-0.2, 0) is 4.79 Å². The Balaban J connectivity index is 2.19. The van der Waals surface area contributed by atoms with Crippen LogP contribution < -0.4 is 10.1 Å². The van der Waals surface area contributed by atoms with Crippen LogP contribution in [0, 0.1) is 21.4 Å². The SMILES string of the molecule is COc1ccc(C=C(C#N)C(=O)Nc2ccc([N+](=O)[O-])cc2)cc1Br. The van der Waals surface area contributed by atoms with Crippen molar-refractivity contribution >= 4 is 39.3 Å². The van der Waals surface area contributed by atoms with Gasteiger partial charge in [-0.05, 0) is 51.8 Å². The monoisotopic (exact) mass is 401 g/mol. The van der Waals surface area contributed by atoms with Crippen LogP contribution >= 0.6 is 15.9 Å². The topological polar surface area (TPSA) is 105 Å². The molecular formula is C17H12BrN3O4. The molecule has 0 saturated carbocycles. The number of non-ortho nitro benzene ring substituents is 1. The van der Waals surface area contributed by atoms with E-state index in [1.165, 1.54) is 37.5 Å². The zero-order chi connectivity index (χ0) is 18.4. The highest BCUT2D eigenvalue weighted by molar-refractivity contribution is 9.10. The number of nitro groups is 1. The number of nitrogens with zero attached hydrogens (tertiary/aromatic N) is 2. The molecule has 2 aromatic carbocycles. The fraction of sp³-hybridized carbons (Fsp3) is 0.0588. The number of benzene rings is 2. The fourth-order valence-electron chi connectivity index (χ4n) is 1.95. The molecule has 0 atom stereocenters. The predicted octanol–water partition coefficient (Wildman–Crippen LogP) is 3.91. The Bertz CT molecular complexity index is 886. The van der Waals surface area contributed by atoms with Gasteiger partial charge in [0.2, 0.25) is 0 Å². The van der Waals surface area contributed by atoms with E-state index in [1.54, 1.807) is 18.2 Å². The average Bonchev–Trinajstić information content (AvgIpc) is 2.60. The van der Waals surface area contributed by atoms with Gasteiger partial charge in [0.15, 0.2) is 0 Å². The number of nitrogens with one attached hydrogen (secondary N) is 1. The van der Waals surface area contributed by atoms with Crippen LogP contribution in [0.4, 0.5) is 11.4 Å². The van der Waals surface area contributed by atoms with Crippen LogP contribution in [0.25, 0.3) is 6.08 Å². The second kappa shape index (κ2) is 8.08. The van der Waals surface area contributed by atoms with Crippen LogP contribution in [0.2, 0.25) is 0 Å². The lowest BCUT2D eigenvalue weighted by atomic mass is 10.1. The van der Waals surface area contributed by atoms with Gasteiger partial charge in [0, 0.05) is 17.8 Å². The highest BCUT2D eigenvalue weighted by Gasteiger charge is 2.11. The molecule has 2 rings (SSSR count). The number of carbonyl (C=O) groups excluding carboxylic acids is 1. The number of amides is 1. The molecular weight excluding hydrogens is 390 g/mol. The lowest BCUT2D eigenvalue weighted by Crippen LogP contribution is -2.13. The predicted molar refractivity (Wildman–Crippen MR) is 96.0 cm³/mol. The first kappa shape index (κ1) is 18.2. The molecule has 25 heavy (non-hydrogen) atoms. The summed E-state index contributed by atoms with van der Waals surface area (Å²) in [6.45, 7) is 0. The summed E-state index contributed by atoms with van der Waals surface area (Å²) in [4.78, 5) is 22.3. The van der Waals surface area contributed by atoms with Crippen molar-refractivity contribution in [3.05, 3.63) is 68.2 Å². The molecule has 0 radical (unpaired) electrons. The largest absolute Gasteiger partial charge is 0.496 e. The maximum Gasteiger partial charge on any atom is 0.269 e. The van der Waals surface area contributed by atoms with Gasteiger partial charge >= 0.3 is 0 Å². The number of rotatable bonds is 5. The molecule has 0 heterocycles. The van der Waals surface area contributed by atoms with Crippen LogP contribution in [0.15, 0.2) is 52.5 Å². The zero-order valence-electron chi connectivity index (χ0n) is 13.0.